The summed E-state index contributed by atoms with van der Waals surface area (Å²) < 4.78 is 6.05. The maximum absolute atomic E-state index is 13.9. The number of piperazine rings is 1. The quantitative estimate of drug-likeness (QED) is 0.0401. The molecule has 3 amide bonds. The predicted molar refractivity (Wildman–Crippen MR) is 270 cm³/mol. The summed E-state index contributed by atoms with van der Waals surface area (Å²) in [5.74, 6) is 7.03. The number of nitrogens with zero attached hydrogens (tertiary/aromatic N) is 6. The zero-order chi connectivity index (χ0) is 49.6. The zero-order valence-corrected chi connectivity index (χ0v) is 42.7. The number of nitrogens with one attached hydrogen (secondary N) is 2. The number of carbonyl (C=O) groups is 4. The second-order valence-corrected chi connectivity index (χ2v) is 17.0. The van der Waals surface area contributed by atoms with Crippen molar-refractivity contribution in [1.29, 1.82) is 0 Å². The Morgan fingerprint density at radius 3 is 2.36 bits per heavy atom. The van der Waals surface area contributed by atoms with E-state index in [-0.39, 0.29) is 54.3 Å². The SMILES string of the molecule is CC.CC.CCCC1=C(CN2CCN(C(=O)COC3C=CC([C@@H](C)NC(=O)C4=CCCC(NC/C(=N/N)N(C)CCN=CN)C4)=CC3)CC2)C(=O)N(C(CCC(C)=O)CC(C)CC)C1.CO. The molecule has 0 saturated carbocycles. The number of hydrazone groups is 1. The molecule has 0 aromatic rings. The third-order valence-corrected chi connectivity index (χ3v) is 12.4. The maximum atomic E-state index is 13.9. The molecule has 0 spiro atoms. The summed E-state index contributed by atoms with van der Waals surface area (Å²) in [7, 11) is 2.91. The lowest BCUT2D eigenvalue weighted by atomic mass is 9.93. The van der Waals surface area contributed by atoms with E-state index < -0.39 is 0 Å². The Balaban J connectivity index is 0.00000348. The van der Waals surface area contributed by atoms with Crippen LogP contribution >= 0.6 is 0 Å². The number of aliphatic hydroxyl groups excluding tert-OH is 1. The van der Waals surface area contributed by atoms with Gasteiger partial charge in [-0.1, -0.05) is 85.6 Å². The van der Waals surface area contributed by atoms with Gasteiger partial charge < -0.3 is 51.5 Å². The molecule has 16 heteroatoms. The van der Waals surface area contributed by atoms with Gasteiger partial charge in [0.2, 0.25) is 11.8 Å². The van der Waals surface area contributed by atoms with Crippen molar-refractivity contribution < 1.29 is 29.0 Å². The van der Waals surface area contributed by atoms with Crippen LogP contribution in [-0.2, 0) is 23.9 Å². The number of aliphatic hydroxyl groups is 1. The van der Waals surface area contributed by atoms with Crippen LogP contribution in [0.1, 0.15) is 127 Å². The highest BCUT2D eigenvalue weighted by Gasteiger charge is 2.36. The van der Waals surface area contributed by atoms with Crippen molar-refractivity contribution in [2.75, 3.05) is 79.7 Å². The number of likely N-dealkylation sites (N-methyl/N-ethyl adjacent to an activating group) is 1. The molecule has 0 bridgehead atoms. The van der Waals surface area contributed by atoms with E-state index in [1.165, 1.54) is 11.9 Å². The number of hydrogen-bond donors (Lipinski definition) is 5. The number of ketones is 1. The fourth-order valence-electron chi connectivity index (χ4n) is 8.38. The standard InChI is InChI=1S/C45H74N10O5.2C2H6.CH4O/c1-7-10-37-28-55(39(16-13-33(4)56)25-32(3)8-2)45(59)41(37)29-53-21-23-54(24-22-53)43(57)30-60-40-17-14-35(15-18-40)34(5)50-44(58)36-11-9-12-38(26-36)49-27-42(51-47)52(6)20-19-48-31-46;3*1-2/h11,14-15,17,31-32,34,38-40,49H,7-10,12-13,16,18-30,47H2,1-6H3,(H2,46,48)(H,50,58);2*1-2H3;2H,1H3/b51-42-;;;/t32?,34-,38?,39?,40?;;;/m1.../s1. The summed E-state index contributed by atoms with van der Waals surface area (Å²) in [5, 5.41) is 17.6. The molecular weight excluding hydrogens is 837 g/mol. The van der Waals surface area contributed by atoms with E-state index in [2.05, 4.69) is 52.5 Å². The van der Waals surface area contributed by atoms with Gasteiger partial charge in [-0.2, -0.15) is 5.10 Å². The van der Waals surface area contributed by atoms with Gasteiger partial charge in [-0.3, -0.25) is 24.3 Å². The van der Waals surface area contributed by atoms with Crippen molar-refractivity contribution in [2.24, 2.45) is 27.6 Å². The zero-order valence-electron chi connectivity index (χ0n) is 42.7. The first kappa shape index (κ1) is 59.6. The number of rotatable bonds is 23. The second kappa shape index (κ2) is 34.0. The Morgan fingerprint density at radius 1 is 1.08 bits per heavy atom. The van der Waals surface area contributed by atoms with Crippen LogP contribution in [0, 0.1) is 5.92 Å². The molecule has 376 valence electrons. The average Bonchev–Trinajstić information content (AvgIpc) is 3.64. The largest absolute Gasteiger partial charge is 0.400 e. The van der Waals surface area contributed by atoms with Crippen molar-refractivity contribution >= 4 is 35.7 Å². The van der Waals surface area contributed by atoms with Gasteiger partial charge in [0.15, 0.2) is 0 Å². The predicted octanol–water partition coefficient (Wildman–Crippen LogP) is 4.94. The highest BCUT2D eigenvalue weighted by Crippen LogP contribution is 2.30. The van der Waals surface area contributed by atoms with Gasteiger partial charge in [0.05, 0.1) is 31.6 Å². The molecule has 5 atom stereocenters. The van der Waals surface area contributed by atoms with Crippen LogP contribution in [0.3, 0.4) is 0 Å². The van der Waals surface area contributed by atoms with E-state index >= 15 is 0 Å². The lowest BCUT2D eigenvalue weighted by Crippen LogP contribution is -2.50. The van der Waals surface area contributed by atoms with Gasteiger partial charge in [-0.25, -0.2) is 0 Å². The average molecular weight is 927 g/mol. The molecule has 7 N–H and O–H groups in total. The number of amides is 3. The minimum absolute atomic E-state index is 0.00264. The molecule has 2 heterocycles. The van der Waals surface area contributed by atoms with Crippen molar-refractivity contribution in [1.82, 2.24) is 30.2 Å². The van der Waals surface area contributed by atoms with E-state index in [9.17, 15) is 19.2 Å². The molecule has 2 aliphatic heterocycles. The van der Waals surface area contributed by atoms with Crippen molar-refractivity contribution in [3.8, 4) is 0 Å². The van der Waals surface area contributed by atoms with E-state index in [1.54, 1.807) is 6.92 Å². The van der Waals surface area contributed by atoms with E-state index in [4.69, 9.17) is 21.4 Å². The molecular formula is C50H90N10O6. The third-order valence-electron chi connectivity index (χ3n) is 12.4. The Labute approximate surface area is 398 Å². The van der Waals surface area contributed by atoms with Crippen LogP contribution < -0.4 is 22.2 Å². The van der Waals surface area contributed by atoms with Crippen LogP contribution in [0.5, 0.6) is 0 Å². The summed E-state index contributed by atoms with van der Waals surface area (Å²) in [6.45, 7) is 23.7. The minimum atomic E-state index is -0.219. The van der Waals surface area contributed by atoms with E-state index in [1.807, 2.05) is 74.6 Å². The third kappa shape index (κ3) is 20.2. The summed E-state index contributed by atoms with van der Waals surface area (Å²) in [6.07, 6.45) is 17.1. The molecule has 16 nitrogen and oxygen atoms in total. The number of carbonyl (C=O) groups excluding carboxylic acids is 4. The Kier molecular flexibility index (Phi) is 30.7. The molecule has 0 radical (unpaired) electrons. The van der Waals surface area contributed by atoms with Gasteiger partial charge in [0, 0.05) is 89.6 Å². The molecule has 66 heavy (non-hydrogen) atoms. The van der Waals surface area contributed by atoms with Gasteiger partial charge in [-0.05, 0) is 75.9 Å². The molecule has 4 unspecified atom stereocenters. The Hall–Kier alpha value is -4.38. The van der Waals surface area contributed by atoms with E-state index in [0.717, 1.165) is 62.4 Å². The van der Waals surface area contributed by atoms with Crippen molar-refractivity contribution in [3.63, 3.8) is 0 Å². The topological polar surface area (TPSA) is 212 Å². The minimum Gasteiger partial charge on any atom is -0.400 e. The number of aliphatic imine (C=N–C) groups is 1. The highest BCUT2D eigenvalue weighted by atomic mass is 16.5. The van der Waals surface area contributed by atoms with Gasteiger partial charge in [0.25, 0.3) is 5.91 Å². The number of allylic oxidation sites excluding steroid dienone is 1. The first-order valence-corrected chi connectivity index (χ1v) is 24.7. The molecule has 0 aromatic heterocycles. The fourth-order valence-corrected chi connectivity index (χ4v) is 8.38. The summed E-state index contributed by atoms with van der Waals surface area (Å²) in [4.78, 5) is 64.5. The summed E-state index contributed by atoms with van der Waals surface area (Å²) in [5.41, 5.74) is 9.25. The summed E-state index contributed by atoms with van der Waals surface area (Å²) in [6, 6.07) is 0.0174. The van der Waals surface area contributed by atoms with Crippen LogP contribution in [0.15, 0.2) is 56.7 Å². The lowest BCUT2D eigenvalue weighted by Gasteiger charge is -2.35. The normalized spacial score (nSPS) is 20.2. The van der Waals surface area contributed by atoms with Gasteiger partial charge in [0.1, 0.15) is 18.2 Å². The first-order chi connectivity index (χ1) is 31.9. The molecule has 2 aliphatic carbocycles. The van der Waals surface area contributed by atoms with Gasteiger partial charge in [-0.15, -0.1) is 0 Å². The number of hydrogen-bond acceptors (Lipinski definition) is 11. The smallest absolute Gasteiger partial charge is 0.251 e. The second-order valence-electron chi connectivity index (χ2n) is 17.0. The number of nitrogens with two attached hydrogens (primary N) is 2. The maximum Gasteiger partial charge on any atom is 0.251 e. The van der Waals surface area contributed by atoms with Crippen molar-refractivity contribution in [2.45, 2.75) is 151 Å². The van der Waals surface area contributed by atoms with Crippen LogP contribution in [0.2, 0.25) is 0 Å². The Morgan fingerprint density at radius 2 is 1.77 bits per heavy atom. The number of amidine groups is 1. The van der Waals surface area contributed by atoms with Crippen LogP contribution in [0.4, 0.5) is 0 Å². The van der Waals surface area contributed by atoms with Crippen molar-refractivity contribution in [3.05, 3.63) is 46.6 Å². The Bertz CT molecular complexity index is 1650. The monoisotopic (exact) mass is 927 g/mol. The van der Waals surface area contributed by atoms with Crippen LogP contribution in [0.25, 0.3) is 0 Å². The molecule has 0 aromatic carbocycles. The van der Waals surface area contributed by atoms with E-state index in [0.29, 0.717) is 96.3 Å². The summed E-state index contributed by atoms with van der Waals surface area (Å²) >= 11 is 0. The number of ether oxygens (including phenoxy) is 1. The number of Topliss-reactive ketones (excluding diaryl/α,β-unsaturated/α-hetero) is 1. The molecule has 4 aliphatic rings. The molecule has 1 fully saturated rings. The fraction of sp³-hybridized carbons (Fsp3) is 0.720. The van der Waals surface area contributed by atoms with Crippen LogP contribution in [-0.4, -0.2) is 164 Å². The lowest BCUT2D eigenvalue weighted by molar-refractivity contribution is -0.139. The van der Waals surface area contributed by atoms with Gasteiger partial charge >= 0.3 is 0 Å². The molecule has 4 rings (SSSR count). The molecule has 1 saturated heterocycles. The first-order valence-electron chi connectivity index (χ1n) is 24.7. The highest BCUT2D eigenvalue weighted by molar-refractivity contribution is 5.98.